The number of aromatic hydroxyl groups is 1. The number of nitrogens with one attached hydrogen (secondary N) is 1. The Morgan fingerprint density at radius 1 is 0.851 bits per heavy atom. The average molecular weight is 945 g/mol. The average Bonchev–Trinajstić information content (AvgIpc) is 4.00. The van der Waals surface area contributed by atoms with Gasteiger partial charge >= 0.3 is 5.97 Å². The Morgan fingerprint density at radius 2 is 1.57 bits per heavy atom. The molecule has 3 aliphatic heterocycles. The highest BCUT2D eigenvalue weighted by atomic mass is 32.2. The number of carboxylic acids is 1. The molecule has 1 aliphatic carbocycles. The molecule has 5 heterocycles. The maximum atomic E-state index is 13.9. The van der Waals surface area contributed by atoms with E-state index in [2.05, 4.69) is 31.0 Å². The normalized spacial score (nSPS) is 29.1. The number of aliphatic hydroxyl groups is 6. The molecule has 7 unspecified atom stereocenters. The van der Waals surface area contributed by atoms with Crippen LogP contribution in [0.1, 0.15) is 55.7 Å². The Morgan fingerprint density at radius 3 is 2.28 bits per heavy atom. The monoisotopic (exact) mass is 944 g/mol. The first-order chi connectivity index (χ1) is 32.2. The number of halogens is 1. The second-order valence-corrected chi connectivity index (χ2v) is 17.3. The quantitative estimate of drug-likeness (QED) is 0.0792. The van der Waals surface area contributed by atoms with Crippen molar-refractivity contribution in [3.8, 4) is 22.8 Å². The van der Waals surface area contributed by atoms with E-state index < -0.39 is 102 Å². The van der Waals surface area contributed by atoms with Gasteiger partial charge in [-0.25, -0.2) is 13.9 Å². The zero-order valence-corrected chi connectivity index (χ0v) is 35.4. The summed E-state index contributed by atoms with van der Waals surface area (Å²) in [5.74, 6) is -3.85. The fraction of sp³-hybridized carbons (Fsp3) is 0.349. The molecule has 22 nitrogen and oxygen atoms in total. The molecular formula is C43H41FN8O14S. The Bertz CT molecular complexity index is 2770. The Balaban J connectivity index is 0.901. The number of hydrogen-bond donors (Lipinski definition) is 9. The molecule has 2 aromatic heterocycles. The Hall–Kier alpha value is -6.48. The number of ether oxygens (including phenoxy) is 3. The van der Waals surface area contributed by atoms with Gasteiger partial charge in [0.05, 0.1) is 31.5 Å². The highest BCUT2D eigenvalue weighted by Gasteiger charge is 2.52. The Labute approximate surface area is 381 Å². The summed E-state index contributed by atoms with van der Waals surface area (Å²) >= 11 is 0.713. The van der Waals surface area contributed by atoms with Crippen LogP contribution in [0.25, 0.3) is 11.3 Å². The fourth-order valence-electron chi connectivity index (χ4n) is 8.65. The number of phenols is 1. The molecule has 350 valence electrons. The van der Waals surface area contributed by atoms with Crippen LogP contribution in [0, 0.1) is 11.7 Å². The van der Waals surface area contributed by atoms with Crippen molar-refractivity contribution in [2.75, 3.05) is 13.2 Å². The number of aliphatic hydroxyl groups excluding tert-OH is 6. The van der Waals surface area contributed by atoms with Gasteiger partial charge in [-0.05, 0) is 47.2 Å². The van der Waals surface area contributed by atoms with Gasteiger partial charge in [0.25, 0.3) is 5.91 Å². The number of tetrazole rings is 1. The van der Waals surface area contributed by atoms with E-state index in [1.54, 1.807) is 18.2 Å². The van der Waals surface area contributed by atoms with Gasteiger partial charge in [-0.3, -0.25) is 9.59 Å². The molecule has 9 rings (SSSR count). The minimum absolute atomic E-state index is 0.0428. The van der Waals surface area contributed by atoms with Crippen LogP contribution >= 0.6 is 11.8 Å². The van der Waals surface area contributed by atoms with Crippen molar-refractivity contribution in [1.82, 2.24) is 40.5 Å². The molecule has 24 heteroatoms. The number of rotatable bonds is 12. The van der Waals surface area contributed by atoms with Gasteiger partial charge in [-0.15, -0.1) is 15.3 Å². The van der Waals surface area contributed by atoms with Gasteiger partial charge in [0.2, 0.25) is 0 Å². The van der Waals surface area contributed by atoms with Crippen molar-refractivity contribution in [2.45, 2.75) is 72.0 Å². The van der Waals surface area contributed by atoms with Crippen LogP contribution in [-0.2, 0) is 20.8 Å². The standard InChI is InChI=1S/C43H41FN8O14S/c44-20-3-1-2-18(10-20)27-15-51(49-46-27)34-36(57)30(16-53)65-42(38(34)59)67-43-39(60)35(37(58)31(17-54)66-43)52-48-32(47-50-52)14-45-40(61)19-4-7-23(26(11-19)41(62)63)33-24-8-5-21(55)12-28(24)64-29-13-22(56)6-9-25(29)33/h1-13,15,24,30-31,33-39,42-43,53-54,56-60H,14,16-17H2,(H,45,61)(H,62,63)/t24?,30?,31-,33?,34?,35?,36+,37?,38+,39-,42+,43?/m1/s1. The van der Waals surface area contributed by atoms with Gasteiger partial charge in [0.1, 0.15) is 88.3 Å². The van der Waals surface area contributed by atoms with Crippen LogP contribution in [0.4, 0.5) is 4.39 Å². The first-order valence-electron chi connectivity index (χ1n) is 20.7. The van der Waals surface area contributed by atoms with Gasteiger partial charge < -0.3 is 60.4 Å². The number of aromatic nitrogens is 7. The summed E-state index contributed by atoms with van der Waals surface area (Å²) in [4.78, 5) is 39.3. The second-order valence-electron chi connectivity index (χ2n) is 16.1. The molecule has 2 saturated heterocycles. The number of amides is 1. The van der Waals surface area contributed by atoms with Gasteiger partial charge in [-0.2, -0.15) is 4.80 Å². The molecule has 67 heavy (non-hydrogen) atoms. The SMILES string of the molecule is O=C1C=CC2C(=C1)Oc1cc(O)ccc1C2c1ccc(C(=O)NCc2nnn(C3C(O)[C@@H](CO)OC(S[C@@H]4OC(CO)[C@H](O)C(n5cc(-c6cccc(F)c6)nn5)[C@@H]4O)[C@@H]3O)n2)cc1C(=O)O. The van der Waals surface area contributed by atoms with E-state index in [0.29, 0.717) is 28.5 Å². The minimum Gasteiger partial charge on any atom is -0.508 e. The molecule has 0 spiro atoms. The molecule has 12 atom stereocenters. The third-order valence-corrected chi connectivity index (χ3v) is 13.2. The molecule has 0 saturated carbocycles. The van der Waals surface area contributed by atoms with Crippen LogP contribution in [0.5, 0.6) is 11.5 Å². The van der Waals surface area contributed by atoms with E-state index in [0.717, 1.165) is 9.48 Å². The summed E-state index contributed by atoms with van der Waals surface area (Å²) < 4.78 is 32.7. The topological polar surface area (TPSA) is 327 Å². The van der Waals surface area contributed by atoms with Crippen LogP contribution < -0.4 is 10.1 Å². The van der Waals surface area contributed by atoms with Crippen molar-refractivity contribution in [3.63, 3.8) is 0 Å². The molecule has 3 aromatic carbocycles. The van der Waals surface area contributed by atoms with Crippen molar-refractivity contribution in [3.05, 3.63) is 125 Å². The van der Waals surface area contributed by atoms with Gasteiger partial charge in [0, 0.05) is 40.7 Å². The number of allylic oxidation sites excluding steroid dienone is 3. The van der Waals surface area contributed by atoms with E-state index in [1.807, 2.05) is 0 Å². The molecule has 5 aromatic rings. The lowest BCUT2D eigenvalue weighted by atomic mass is 9.74. The fourth-order valence-corrected chi connectivity index (χ4v) is 9.97. The molecule has 0 bridgehead atoms. The smallest absolute Gasteiger partial charge is 0.336 e. The molecule has 2 fully saturated rings. The predicted molar refractivity (Wildman–Crippen MR) is 225 cm³/mol. The summed E-state index contributed by atoms with van der Waals surface area (Å²) in [5.41, 5.74) is -1.51. The van der Waals surface area contributed by atoms with E-state index in [1.165, 1.54) is 66.9 Å². The molecule has 0 radical (unpaired) electrons. The maximum Gasteiger partial charge on any atom is 0.336 e. The second kappa shape index (κ2) is 18.7. The molecule has 4 aliphatic rings. The lowest BCUT2D eigenvalue weighted by molar-refractivity contribution is -0.190. The number of benzene rings is 3. The summed E-state index contributed by atoms with van der Waals surface area (Å²) in [5, 5.41) is 109. The molecule has 1 amide bonds. The highest BCUT2D eigenvalue weighted by Crippen LogP contribution is 2.49. The number of carbonyl (C=O) groups is 3. The molecule has 9 N–H and O–H groups in total. The van der Waals surface area contributed by atoms with Crippen molar-refractivity contribution < 1.29 is 73.8 Å². The predicted octanol–water partition coefficient (Wildman–Crippen LogP) is -0.0386. The Kier molecular flexibility index (Phi) is 12.7. The minimum atomic E-state index is -1.68. The number of ketones is 1. The third-order valence-electron chi connectivity index (χ3n) is 11.9. The number of nitrogens with zero attached hydrogens (tertiary/aromatic N) is 7. The summed E-state index contributed by atoms with van der Waals surface area (Å²) in [6.07, 6.45) is -3.40. The lowest BCUT2D eigenvalue weighted by Crippen LogP contribution is -2.58. The summed E-state index contributed by atoms with van der Waals surface area (Å²) in [6, 6.07) is 11.3. The summed E-state index contributed by atoms with van der Waals surface area (Å²) in [6.45, 7) is -1.80. The zero-order chi connectivity index (χ0) is 47.3. The van der Waals surface area contributed by atoms with E-state index in [9.17, 15) is 59.6 Å². The van der Waals surface area contributed by atoms with E-state index >= 15 is 0 Å². The highest BCUT2D eigenvalue weighted by molar-refractivity contribution is 8.00. The van der Waals surface area contributed by atoms with Crippen LogP contribution in [0.3, 0.4) is 0 Å². The molecular weight excluding hydrogens is 904 g/mol. The third kappa shape index (κ3) is 8.81. The number of aromatic carboxylic acids is 1. The van der Waals surface area contributed by atoms with E-state index in [-0.39, 0.29) is 52.2 Å². The lowest BCUT2D eigenvalue weighted by Gasteiger charge is -2.45. The van der Waals surface area contributed by atoms with Crippen LogP contribution in [0.2, 0.25) is 0 Å². The van der Waals surface area contributed by atoms with Gasteiger partial charge in [0.15, 0.2) is 11.6 Å². The van der Waals surface area contributed by atoms with Gasteiger partial charge in [-0.1, -0.05) is 47.3 Å². The van der Waals surface area contributed by atoms with Crippen LogP contribution in [-0.4, -0.2) is 154 Å². The van der Waals surface area contributed by atoms with E-state index in [4.69, 9.17) is 14.2 Å². The largest absolute Gasteiger partial charge is 0.508 e. The number of thioether (sulfide) groups is 1. The van der Waals surface area contributed by atoms with Crippen molar-refractivity contribution in [1.29, 1.82) is 0 Å². The number of carboxylic acid groups (broad SMARTS) is 1. The summed E-state index contributed by atoms with van der Waals surface area (Å²) in [7, 11) is 0. The number of carbonyl (C=O) groups excluding carboxylic acids is 2. The maximum absolute atomic E-state index is 13.9. The number of hydrogen-bond acceptors (Lipinski definition) is 19. The van der Waals surface area contributed by atoms with Crippen molar-refractivity contribution in [2.24, 2.45) is 5.92 Å². The zero-order valence-electron chi connectivity index (χ0n) is 34.6. The van der Waals surface area contributed by atoms with Crippen molar-refractivity contribution >= 4 is 29.4 Å². The first-order valence-corrected chi connectivity index (χ1v) is 21.6. The number of phenolic OH excluding ortho intramolecular Hbond substituents is 1. The van der Waals surface area contributed by atoms with Crippen LogP contribution in [0.15, 0.2) is 90.8 Å². The number of fused-ring (bicyclic) bond motifs is 2. The first kappa shape index (κ1) is 45.7.